The molecule has 2 rings (SSSR count). The molecule has 104 valence electrons. The molecule has 3 nitrogen and oxygen atoms in total. The number of aromatic nitrogens is 1. The lowest BCUT2D eigenvalue weighted by atomic mass is 10.2. The Morgan fingerprint density at radius 1 is 1.25 bits per heavy atom. The van der Waals surface area contributed by atoms with E-state index in [0.29, 0.717) is 14.8 Å². The molecule has 1 heterocycles. The number of nitrogens with one attached hydrogen (secondary N) is 1. The quantitative estimate of drug-likeness (QED) is 0.787. The van der Waals surface area contributed by atoms with E-state index in [1.807, 2.05) is 0 Å². The number of pyridine rings is 1. The molecule has 1 aromatic carbocycles. The normalized spacial score (nSPS) is 11.2. The van der Waals surface area contributed by atoms with E-state index in [1.165, 1.54) is 18.5 Å². The number of benzene rings is 1. The Bertz CT molecular complexity index is 629. The van der Waals surface area contributed by atoms with Crippen LogP contribution in [0.25, 0.3) is 0 Å². The topological polar surface area (TPSA) is 42.0 Å². The second-order valence-electron chi connectivity index (χ2n) is 3.89. The number of carbonyl (C=O) groups excluding carboxylic acids is 1. The van der Waals surface area contributed by atoms with Crippen molar-refractivity contribution in [2.24, 2.45) is 0 Å². The molecule has 7 heteroatoms. The number of amides is 1. The fourth-order valence-electron chi connectivity index (χ4n) is 1.48. The molecule has 0 radical (unpaired) electrons. The number of hydrogen-bond acceptors (Lipinski definition) is 2. The zero-order valence-corrected chi connectivity index (χ0v) is 12.1. The molecule has 1 aromatic heterocycles. The van der Waals surface area contributed by atoms with Gasteiger partial charge in [0, 0.05) is 16.0 Å². The number of hydrogen-bond donors (Lipinski definition) is 1. The lowest BCUT2D eigenvalue weighted by Gasteiger charge is -2.11. The maximum absolute atomic E-state index is 12.5. The van der Waals surface area contributed by atoms with E-state index in [4.69, 9.17) is 0 Å². The molecule has 0 atom stereocenters. The van der Waals surface area contributed by atoms with Crippen molar-refractivity contribution in [2.75, 3.05) is 5.32 Å². The number of halogens is 4. The number of anilines is 1. The van der Waals surface area contributed by atoms with Crippen LogP contribution in [-0.2, 0) is 6.18 Å². The maximum atomic E-state index is 12.5. The second-order valence-corrected chi connectivity index (χ2v) is 5.05. The Kier molecular flexibility index (Phi) is 4.26. The summed E-state index contributed by atoms with van der Waals surface area (Å²) in [5.41, 5.74) is -0.0862. The average Bonchev–Trinajstić information content (AvgIpc) is 2.41. The fraction of sp³-hybridized carbons (Fsp3) is 0.0769. The van der Waals surface area contributed by atoms with Crippen molar-refractivity contribution in [3.63, 3.8) is 0 Å². The zero-order chi connectivity index (χ0) is 14.8. The Morgan fingerprint density at radius 3 is 2.55 bits per heavy atom. The fourth-order valence-corrected chi connectivity index (χ4v) is 2.13. The van der Waals surface area contributed by atoms with Gasteiger partial charge in [-0.15, -0.1) is 0 Å². The Morgan fingerprint density at radius 2 is 2.00 bits per heavy atom. The van der Waals surface area contributed by atoms with Gasteiger partial charge in [-0.2, -0.15) is 13.2 Å². The van der Waals surface area contributed by atoms with Crippen LogP contribution in [0.1, 0.15) is 15.9 Å². The molecule has 0 saturated heterocycles. The van der Waals surface area contributed by atoms with Crippen LogP contribution in [-0.4, -0.2) is 10.9 Å². The van der Waals surface area contributed by atoms with Gasteiger partial charge < -0.3 is 5.32 Å². The lowest BCUT2D eigenvalue weighted by Crippen LogP contribution is -2.13. The molecule has 0 saturated carbocycles. The summed E-state index contributed by atoms with van der Waals surface area (Å²) in [5.74, 6) is -0.421. The molecule has 0 aliphatic rings. The van der Waals surface area contributed by atoms with Gasteiger partial charge in [-0.3, -0.25) is 9.78 Å². The van der Waals surface area contributed by atoms with Crippen molar-refractivity contribution in [2.45, 2.75) is 6.18 Å². The molecule has 20 heavy (non-hydrogen) atoms. The van der Waals surface area contributed by atoms with Crippen LogP contribution in [0.4, 0.5) is 18.9 Å². The summed E-state index contributed by atoms with van der Waals surface area (Å²) >= 11 is 1.75. The Labute approximate surface area is 126 Å². The standard InChI is InChI=1S/C13H8F3IN2O/c14-13(15,16)9-3-4-11(10(17)6-9)19-12(20)8-2-1-5-18-7-8/h1-7H,(H,19,20). The maximum Gasteiger partial charge on any atom is 0.416 e. The molecule has 0 fully saturated rings. The Hall–Kier alpha value is -1.64. The molecule has 0 bridgehead atoms. The van der Waals surface area contributed by atoms with E-state index >= 15 is 0 Å². The first-order chi connectivity index (χ1) is 9.38. The third-order valence-electron chi connectivity index (χ3n) is 2.47. The molecule has 0 aliphatic heterocycles. The number of alkyl halides is 3. The molecule has 1 amide bonds. The van der Waals surface area contributed by atoms with E-state index in [9.17, 15) is 18.0 Å². The van der Waals surface area contributed by atoms with Crippen LogP contribution in [0.2, 0.25) is 0 Å². The minimum Gasteiger partial charge on any atom is -0.321 e. The highest BCUT2D eigenvalue weighted by atomic mass is 127. The van der Waals surface area contributed by atoms with Crippen molar-refractivity contribution < 1.29 is 18.0 Å². The summed E-state index contributed by atoms with van der Waals surface area (Å²) in [4.78, 5) is 15.7. The van der Waals surface area contributed by atoms with E-state index in [0.717, 1.165) is 12.1 Å². The minimum atomic E-state index is -4.40. The van der Waals surface area contributed by atoms with Crippen LogP contribution < -0.4 is 5.32 Å². The zero-order valence-electron chi connectivity index (χ0n) is 9.91. The average molecular weight is 392 g/mol. The van der Waals surface area contributed by atoms with Crippen LogP contribution in [0.5, 0.6) is 0 Å². The predicted molar refractivity (Wildman–Crippen MR) is 76.4 cm³/mol. The number of rotatable bonds is 2. The lowest BCUT2D eigenvalue weighted by molar-refractivity contribution is -0.137. The van der Waals surface area contributed by atoms with Crippen LogP contribution in [0, 0.1) is 3.57 Å². The van der Waals surface area contributed by atoms with Crippen molar-refractivity contribution in [1.29, 1.82) is 0 Å². The smallest absolute Gasteiger partial charge is 0.321 e. The first kappa shape index (κ1) is 14.8. The van der Waals surface area contributed by atoms with Gasteiger partial charge in [0.2, 0.25) is 0 Å². The van der Waals surface area contributed by atoms with E-state index in [-0.39, 0.29) is 0 Å². The summed E-state index contributed by atoms with van der Waals surface area (Å²) in [5, 5.41) is 2.55. The first-order valence-corrected chi connectivity index (χ1v) is 6.54. The molecule has 0 aliphatic carbocycles. The first-order valence-electron chi connectivity index (χ1n) is 5.46. The summed E-state index contributed by atoms with van der Waals surface area (Å²) in [6.07, 6.45) is -1.49. The molecular formula is C13H8F3IN2O. The highest BCUT2D eigenvalue weighted by Crippen LogP contribution is 2.32. The monoisotopic (exact) mass is 392 g/mol. The van der Waals surface area contributed by atoms with Crippen molar-refractivity contribution in [3.05, 3.63) is 57.4 Å². The highest BCUT2D eigenvalue weighted by molar-refractivity contribution is 14.1. The van der Waals surface area contributed by atoms with Gasteiger partial charge in [0.05, 0.1) is 16.8 Å². The van der Waals surface area contributed by atoms with Gasteiger partial charge in [0.1, 0.15) is 0 Å². The number of nitrogens with zero attached hydrogens (tertiary/aromatic N) is 1. The number of carbonyl (C=O) groups is 1. The third-order valence-corrected chi connectivity index (χ3v) is 3.36. The highest BCUT2D eigenvalue weighted by Gasteiger charge is 2.30. The van der Waals surface area contributed by atoms with Crippen LogP contribution in [0.15, 0.2) is 42.7 Å². The van der Waals surface area contributed by atoms with Crippen LogP contribution >= 0.6 is 22.6 Å². The van der Waals surface area contributed by atoms with Crippen molar-refractivity contribution in [3.8, 4) is 0 Å². The SMILES string of the molecule is O=C(Nc1ccc(C(F)(F)F)cc1I)c1cccnc1. The van der Waals surface area contributed by atoms with E-state index in [2.05, 4.69) is 10.3 Å². The molecule has 1 N–H and O–H groups in total. The molecule has 2 aromatic rings. The molecule has 0 unspecified atom stereocenters. The van der Waals surface area contributed by atoms with Gasteiger partial charge >= 0.3 is 6.18 Å². The molecular weight excluding hydrogens is 384 g/mol. The van der Waals surface area contributed by atoms with E-state index in [1.54, 1.807) is 34.7 Å². The largest absolute Gasteiger partial charge is 0.416 e. The second kappa shape index (κ2) is 5.78. The van der Waals surface area contributed by atoms with Crippen molar-refractivity contribution >= 4 is 34.2 Å². The van der Waals surface area contributed by atoms with Gasteiger partial charge in [0.25, 0.3) is 5.91 Å². The van der Waals surface area contributed by atoms with Crippen molar-refractivity contribution in [1.82, 2.24) is 4.98 Å². The summed E-state index contributed by atoms with van der Waals surface area (Å²) in [6.45, 7) is 0. The summed E-state index contributed by atoms with van der Waals surface area (Å²) in [6, 6.07) is 6.32. The van der Waals surface area contributed by atoms with E-state index < -0.39 is 17.6 Å². The minimum absolute atomic E-state index is 0.315. The summed E-state index contributed by atoms with van der Waals surface area (Å²) < 4.78 is 37.9. The van der Waals surface area contributed by atoms with Gasteiger partial charge in [-0.1, -0.05) is 0 Å². The van der Waals surface area contributed by atoms with Gasteiger partial charge in [-0.25, -0.2) is 0 Å². The Balaban J connectivity index is 2.21. The predicted octanol–water partition coefficient (Wildman–Crippen LogP) is 3.96. The van der Waals surface area contributed by atoms with Crippen LogP contribution in [0.3, 0.4) is 0 Å². The van der Waals surface area contributed by atoms with Gasteiger partial charge in [0.15, 0.2) is 0 Å². The third kappa shape index (κ3) is 3.47. The molecule has 0 spiro atoms. The van der Waals surface area contributed by atoms with Gasteiger partial charge in [-0.05, 0) is 52.9 Å². The summed E-state index contributed by atoms with van der Waals surface area (Å²) in [7, 11) is 0.